The molecule has 6 heteroatoms. The average Bonchev–Trinajstić information content (AvgIpc) is 2.78. The lowest BCUT2D eigenvalue weighted by Gasteiger charge is -2.16. The molecule has 0 bridgehead atoms. The molecule has 116 valence electrons. The van der Waals surface area contributed by atoms with Crippen LogP contribution in [0.5, 0.6) is 0 Å². The van der Waals surface area contributed by atoms with E-state index in [-0.39, 0.29) is 10.7 Å². The minimum absolute atomic E-state index is 0.0342. The van der Waals surface area contributed by atoms with Crippen LogP contribution in [0.25, 0.3) is 11.8 Å². The maximum absolute atomic E-state index is 12.0. The van der Waals surface area contributed by atoms with Gasteiger partial charge in [0.25, 0.3) is 11.8 Å². The Hall–Kier alpha value is -2.73. The van der Waals surface area contributed by atoms with Gasteiger partial charge in [0.2, 0.25) is 0 Å². The number of benzene rings is 1. The minimum Gasteiger partial charge on any atom is -0.318 e. The summed E-state index contributed by atoms with van der Waals surface area (Å²) in [6, 6.07) is 11.9. The van der Waals surface area contributed by atoms with Gasteiger partial charge in [-0.05, 0) is 55.9 Å². The van der Waals surface area contributed by atoms with Crippen molar-refractivity contribution in [2.24, 2.45) is 0 Å². The maximum atomic E-state index is 12.0. The largest absolute Gasteiger partial charge is 0.318 e. The quantitative estimate of drug-likeness (QED) is 0.504. The van der Waals surface area contributed by atoms with Crippen LogP contribution in [-0.4, -0.2) is 21.5 Å². The van der Waals surface area contributed by atoms with Gasteiger partial charge in [-0.25, -0.2) is 0 Å². The fourth-order valence-corrected chi connectivity index (χ4v) is 2.86. The van der Waals surface area contributed by atoms with E-state index in [0.717, 1.165) is 22.6 Å². The smallest absolute Gasteiger partial charge is 0.263 e. The number of amides is 2. The van der Waals surface area contributed by atoms with E-state index in [0.29, 0.717) is 0 Å². The molecule has 5 nitrogen and oxygen atoms in total. The highest BCUT2D eigenvalue weighted by Gasteiger charge is 2.26. The first kappa shape index (κ1) is 15.2. The van der Waals surface area contributed by atoms with E-state index in [1.807, 2.05) is 50.2 Å². The van der Waals surface area contributed by atoms with E-state index >= 15 is 0 Å². The number of hydrogen-bond acceptors (Lipinski definition) is 3. The lowest BCUT2D eigenvalue weighted by atomic mass is 10.1. The summed E-state index contributed by atoms with van der Waals surface area (Å²) in [5.74, 6) is -0.966. The van der Waals surface area contributed by atoms with Crippen molar-refractivity contribution in [3.8, 4) is 5.69 Å². The maximum Gasteiger partial charge on any atom is 0.263 e. The van der Waals surface area contributed by atoms with Gasteiger partial charge in [0.1, 0.15) is 5.57 Å². The van der Waals surface area contributed by atoms with Crippen molar-refractivity contribution in [2.75, 3.05) is 0 Å². The van der Waals surface area contributed by atoms with Gasteiger partial charge in [0, 0.05) is 17.1 Å². The number of nitrogens with one attached hydrogen (secondary N) is 2. The summed E-state index contributed by atoms with van der Waals surface area (Å²) in [5.41, 5.74) is 3.87. The lowest BCUT2D eigenvalue weighted by Crippen LogP contribution is -2.51. The van der Waals surface area contributed by atoms with Crippen LogP contribution in [0.15, 0.2) is 42.0 Å². The van der Waals surface area contributed by atoms with Gasteiger partial charge in [-0.1, -0.05) is 18.2 Å². The van der Waals surface area contributed by atoms with E-state index in [1.54, 1.807) is 6.08 Å². The molecule has 2 N–H and O–H groups in total. The van der Waals surface area contributed by atoms with Crippen LogP contribution in [0.2, 0.25) is 0 Å². The standard InChI is InChI=1S/C17H15N3O2S/c1-10-8-12(9-14-15(21)18-17(23)19-16(14)22)11(2)20(10)13-6-4-3-5-7-13/h3-9H,1-2H3,(H2,18,19,21,22,23). The van der Waals surface area contributed by atoms with Gasteiger partial charge in [0.05, 0.1) is 0 Å². The normalized spacial score (nSPS) is 14.5. The zero-order chi connectivity index (χ0) is 16.6. The average molecular weight is 325 g/mol. The number of carbonyl (C=O) groups excluding carboxylic acids is 2. The van der Waals surface area contributed by atoms with Crippen molar-refractivity contribution >= 4 is 35.2 Å². The Bertz CT molecular complexity index is 828. The van der Waals surface area contributed by atoms with E-state index in [9.17, 15) is 9.59 Å². The first-order chi connectivity index (χ1) is 11.0. The fourth-order valence-electron chi connectivity index (χ4n) is 2.67. The molecule has 0 unspecified atom stereocenters. The number of aryl methyl sites for hydroxylation is 1. The molecule has 0 spiro atoms. The predicted octanol–water partition coefficient (Wildman–Crippen LogP) is 2.01. The van der Waals surface area contributed by atoms with Crippen molar-refractivity contribution in [2.45, 2.75) is 13.8 Å². The molecule has 1 aliphatic rings. The summed E-state index contributed by atoms with van der Waals surface area (Å²) in [6.07, 6.45) is 1.59. The second-order valence-electron chi connectivity index (χ2n) is 5.29. The zero-order valence-electron chi connectivity index (χ0n) is 12.7. The summed E-state index contributed by atoms with van der Waals surface area (Å²) in [5, 5.41) is 4.91. The highest BCUT2D eigenvalue weighted by molar-refractivity contribution is 7.80. The second kappa shape index (κ2) is 5.81. The Morgan fingerprint density at radius 3 is 2.26 bits per heavy atom. The third-order valence-electron chi connectivity index (χ3n) is 3.73. The van der Waals surface area contributed by atoms with E-state index in [1.165, 1.54) is 0 Å². The van der Waals surface area contributed by atoms with Gasteiger partial charge in [-0.2, -0.15) is 0 Å². The van der Waals surface area contributed by atoms with E-state index in [4.69, 9.17) is 12.2 Å². The number of para-hydroxylation sites is 1. The Kier molecular flexibility index (Phi) is 3.83. The molecule has 0 saturated carbocycles. The van der Waals surface area contributed by atoms with Gasteiger partial charge in [0.15, 0.2) is 5.11 Å². The topological polar surface area (TPSA) is 63.1 Å². The summed E-state index contributed by atoms with van der Waals surface area (Å²) in [7, 11) is 0. The first-order valence-corrected chi connectivity index (χ1v) is 7.51. The van der Waals surface area contributed by atoms with E-state index in [2.05, 4.69) is 15.2 Å². The van der Waals surface area contributed by atoms with E-state index < -0.39 is 11.8 Å². The Labute approximate surface area is 139 Å². The second-order valence-corrected chi connectivity index (χ2v) is 5.70. The van der Waals surface area contributed by atoms with Crippen molar-refractivity contribution in [1.82, 2.24) is 15.2 Å². The molecule has 2 amide bonds. The Balaban J connectivity index is 2.06. The van der Waals surface area contributed by atoms with Gasteiger partial charge in [-0.15, -0.1) is 0 Å². The molecule has 0 atom stereocenters. The molecule has 1 saturated heterocycles. The number of nitrogens with zero attached hydrogens (tertiary/aromatic N) is 1. The molecule has 2 heterocycles. The molecule has 2 aromatic rings. The fraction of sp³-hybridized carbons (Fsp3) is 0.118. The summed E-state index contributed by atoms with van der Waals surface area (Å²) >= 11 is 4.80. The molecule has 0 aliphatic carbocycles. The van der Waals surface area contributed by atoms with Crippen LogP contribution in [0.4, 0.5) is 0 Å². The molecule has 1 aromatic carbocycles. The number of thiocarbonyl (C=S) groups is 1. The summed E-state index contributed by atoms with van der Waals surface area (Å²) in [6.45, 7) is 3.94. The van der Waals surface area contributed by atoms with Gasteiger partial charge < -0.3 is 4.57 Å². The van der Waals surface area contributed by atoms with Crippen molar-refractivity contribution in [3.63, 3.8) is 0 Å². The van der Waals surface area contributed by atoms with Crippen molar-refractivity contribution < 1.29 is 9.59 Å². The summed E-state index contributed by atoms with van der Waals surface area (Å²) < 4.78 is 2.08. The van der Waals surface area contributed by atoms with Crippen molar-refractivity contribution in [3.05, 3.63) is 58.9 Å². The third kappa shape index (κ3) is 2.80. The predicted molar refractivity (Wildman–Crippen MR) is 92.1 cm³/mol. The lowest BCUT2D eigenvalue weighted by molar-refractivity contribution is -0.123. The zero-order valence-corrected chi connectivity index (χ0v) is 13.5. The molecule has 1 aliphatic heterocycles. The number of carbonyl (C=O) groups is 2. The van der Waals surface area contributed by atoms with Gasteiger partial charge in [-0.3, -0.25) is 20.2 Å². The molecule has 3 rings (SSSR count). The molecule has 23 heavy (non-hydrogen) atoms. The molecular weight excluding hydrogens is 310 g/mol. The molecule has 0 radical (unpaired) electrons. The SMILES string of the molecule is Cc1cc(C=C2C(=O)NC(=S)NC2=O)c(C)n1-c1ccccc1. The Morgan fingerprint density at radius 2 is 1.65 bits per heavy atom. The van der Waals surface area contributed by atoms with Gasteiger partial charge >= 0.3 is 0 Å². The number of hydrogen-bond donors (Lipinski definition) is 2. The molecule has 1 aromatic heterocycles. The van der Waals surface area contributed by atoms with Crippen molar-refractivity contribution in [1.29, 1.82) is 0 Å². The highest BCUT2D eigenvalue weighted by Crippen LogP contribution is 2.23. The first-order valence-electron chi connectivity index (χ1n) is 7.10. The number of rotatable bonds is 2. The summed E-state index contributed by atoms with van der Waals surface area (Å²) in [4.78, 5) is 23.9. The van der Waals surface area contributed by atoms with Crippen LogP contribution in [0.3, 0.4) is 0 Å². The monoisotopic (exact) mass is 325 g/mol. The Morgan fingerprint density at radius 1 is 1.04 bits per heavy atom. The molecule has 1 fully saturated rings. The number of aromatic nitrogens is 1. The minimum atomic E-state index is -0.483. The molecular formula is C17H15N3O2S. The van der Waals surface area contributed by atoms with Crippen LogP contribution < -0.4 is 10.6 Å². The van der Waals surface area contributed by atoms with Crippen LogP contribution in [0.1, 0.15) is 17.0 Å². The third-order valence-corrected chi connectivity index (χ3v) is 3.93. The highest BCUT2D eigenvalue weighted by atomic mass is 32.1. The van der Waals surface area contributed by atoms with Crippen LogP contribution in [-0.2, 0) is 9.59 Å². The van der Waals surface area contributed by atoms with Crippen LogP contribution >= 0.6 is 12.2 Å². The van der Waals surface area contributed by atoms with Crippen LogP contribution in [0, 0.1) is 13.8 Å².